The van der Waals surface area contributed by atoms with E-state index < -0.39 is 10.8 Å². The number of thiocarbonyl (C=S) groups is 1. The minimum absolute atomic E-state index is 0.000752. The molecule has 4 aromatic rings. The average molecular weight is 511 g/mol. The van der Waals surface area contributed by atoms with E-state index >= 15 is 0 Å². The van der Waals surface area contributed by atoms with Gasteiger partial charge in [-0.2, -0.15) is 0 Å². The lowest BCUT2D eigenvalue weighted by molar-refractivity contribution is -0.384. The summed E-state index contributed by atoms with van der Waals surface area (Å²) >= 11 is 6.54. The van der Waals surface area contributed by atoms with E-state index in [-0.39, 0.29) is 16.6 Å². The quantitative estimate of drug-likeness (QED) is 0.198. The molecule has 10 nitrogen and oxygen atoms in total. The number of carbonyl (C=O) groups is 1. The highest BCUT2D eigenvalue weighted by molar-refractivity contribution is 7.80. The zero-order valence-corrected chi connectivity index (χ0v) is 20.1. The molecule has 4 rings (SSSR count). The molecule has 35 heavy (non-hydrogen) atoms. The summed E-state index contributed by atoms with van der Waals surface area (Å²) in [4.78, 5) is 27.5. The number of nitrogens with zero attached hydrogens (tertiary/aromatic N) is 2. The summed E-state index contributed by atoms with van der Waals surface area (Å²) < 4.78 is 16.1. The number of nitro groups is 1. The van der Waals surface area contributed by atoms with Crippen molar-refractivity contribution in [3.05, 3.63) is 75.9 Å². The Bertz CT molecular complexity index is 1410. The van der Waals surface area contributed by atoms with Gasteiger partial charge in [-0.25, -0.2) is 4.98 Å². The first-order valence-corrected chi connectivity index (χ1v) is 11.3. The van der Waals surface area contributed by atoms with Crippen molar-refractivity contribution < 1.29 is 23.6 Å². The number of rotatable bonds is 7. The van der Waals surface area contributed by atoms with Crippen LogP contribution in [0.4, 0.5) is 10.8 Å². The molecular weight excluding hydrogens is 492 g/mol. The first-order chi connectivity index (χ1) is 16.9. The molecule has 0 spiro atoms. The van der Waals surface area contributed by atoms with E-state index in [0.29, 0.717) is 33.6 Å². The van der Waals surface area contributed by atoms with Crippen LogP contribution >= 0.6 is 23.6 Å². The molecule has 0 saturated heterocycles. The number of nitro benzene ring substituents is 1. The Balaban J connectivity index is 1.40. The number of non-ortho nitro benzene ring substituents is 1. The molecule has 2 N–H and O–H groups in total. The Hall–Kier alpha value is -4.29. The molecular formula is C23H18N4O6S2. The number of benzene rings is 2. The number of ether oxygens (including phenoxy) is 2. The standard InChI is InChI=1S/C23H18N4O6S2/c1-31-18-7-6-13(11-20(18)32-2)16-12-35-23(24-16)26-22(34)25-21(28)19-9-8-17(33-19)14-4-3-5-15(10-14)27(29)30/h3-12H,1-2H3,(H2,24,25,26,28,34). The highest BCUT2D eigenvalue weighted by Crippen LogP contribution is 2.33. The summed E-state index contributed by atoms with van der Waals surface area (Å²) in [6.45, 7) is 0. The van der Waals surface area contributed by atoms with Crippen LogP contribution in [0.2, 0.25) is 0 Å². The topological polar surface area (TPSA) is 129 Å². The fraction of sp³-hybridized carbons (Fsp3) is 0.0870. The number of furan rings is 1. The van der Waals surface area contributed by atoms with Gasteiger partial charge in [-0.15, -0.1) is 11.3 Å². The van der Waals surface area contributed by atoms with Crippen LogP contribution in [0.3, 0.4) is 0 Å². The first kappa shape index (κ1) is 23.9. The predicted molar refractivity (Wildman–Crippen MR) is 135 cm³/mol. The van der Waals surface area contributed by atoms with E-state index in [0.717, 1.165) is 5.56 Å². The maximum absolute atomic E-state index is 12.5. The van der Waals surface area contributed by atoms with E-state index in [4.69, 9.17) is 26.1 Å². The lowest BCUT2D eigenvalue weighted by Gasteiger charge is -2.08. The van der Waals surface area contributed by atoms with Crippen molar-refractivity contribution in [2.45, 2.75) is 0 Å². The molecule has 0 aliphatic carbocycles. The number of carbonyl (C=O) groups excluding carboxylic acids is 1. The minimum atomic E-state index is -0.573. The van der Waals surface area contributed by atoms with Gasteiger partial charge in [-0.05, 0) is 42.5 Å². The number of anilines is 1. The summed E-state index contributed by atoms with van der Waals surface area (Å²) in [6.07, 6.45) is 0. The summed E-state index contributed by atoms with van der Waals surface area (Å²) in [7, 11) is 3.12. The molecule has 0 radical (unpaired) electrons. The molecule has 2 aromatic carbocycles. The molecule has 0 saturated carbocycles. The summed E-state index contributed by atoms with van der Waals surface area (Å²) in [5.41, 5.74) is 1.92. The van der Waals surface area contributed by atoms with Crippen LogP contribution in [0.5, 0.6) is 11.5 Å². The second kappa shape index (κ2) is 10.3. The molecule has 0 unspecified atom stereocenters. The summed E-state index contributed by atoms with van der Waals surface area (Å²) in [6, 6.07) is 14.4. The number of hydrogen-bond donors (Lipinski definition) is 2. The number of nitrogens with one attached hydrogen (secondary N) is 2. The van der Waals surface area contributed by atoms with Crippen LogP contribution in [-0.2, 0) is 0 Å². The molecule has 2 heterocycles. The number of amides is 1. The van der Waals surface area contributed by atoms with Crippen molar-refractivity contribution in [1.29, 1.82) is 0 Å². The Kier molecular flexibility index (Phi) is 7.03. The van der Waals surface area contributed by atoms with Gasteiger partial charge in [-0.3, -0.25) is 20.2 Å². The third kappa shape index (κ3) is 5.45. The van der Waals surface area contributed by atoms with Gasteiger partial charge >= 0.3 is 0 Å². The Morgan fingerprint density at radius 1 is 1.09 bits per heavy atom. The average Bonchev–Trinajstić information content (AvgIpc) is 3.54. The monoisotopic (exact) mass is 510 g/mol. The number of thiazole rings is 1. The Morgan fingerprint density at radius 3 is 2.63 bits per heavy atom. The van der Waals surface area contributed by atoms with Crippen molar-refractivity contribution in [3.63, 3.8) is 0 Å². The van der Waals surface area contributed by atoms with E-state index in [2.05, 4.69) is 15.6 Å². The van der Waals surface area contributed by atoms with E-state index in [9.17, 15) is 14.9 Å². The van der Waals surface area contributed by atoms with E-state index in [1.54, 1.807) is 38.5 Å². The van der Waals surface area contributed by atoms with Crippen LogP contribution in [0.25, 0.3) is 22.6 Å². The van der Waals surface area contributed by atoms with E-state index in [1.165, 1.54) is 29.5 Å². The molecule has 0 atom stereocenters. The minimum Gasteiger partial charge on any atom is -0.493 e. The first-order valence-electron chi connectivity index (χ1n) is 10.0. The van der Waals surface area contributed by atoms with Gasteiger partial charge in [0.2, 0.25) is 0 Å². The van der Waals surface area contributed by atoms with Crippen molar-refractivity contribution in [3.8, 4) is 34.1 Å². The fourth-order valence-electron chi connectivity index (χ4n) is 3.14. The molecule has 0 bridgehead atoms. The lowest BCUT2D eigenvalue weighted by atomic mass is 10.1. The second-order valence-electron chi connectivity index (χ2n) is 6.99. The predicted octanol–water partition coefficient (Wildman–Crippen LogP) is 5.12. The molecule has 1 amide bonds. The van der Waals surface area contributed by atoms with Crippen LogP contribution in [0.1, 0.15) is 10.6 Å². The van der Waals surface area contributed by atoms with Gasteiger partial charge in [0.25, 0.3) is 11.6 Å². The normalized spacial score (nSPS) is 10.5. The smallest absolute Gasteiger partial charge is 0.293 e. The Labute approximate surface area is 208 Å². The molecule has 0 fully saturated rings. The summed E-state index contributed by atoms with van der Waals surface area (Å²) in [5, 5.41) is 18.7. The van der Waals surface area contributed by atoms with Crippen LogP contribution < -0.4 is 20.1 Å². The van der Waals surface area contributed by atoms with Crippen molar-refractivity contribution in [1.82, 2.24) is 10.3 Å². The van der Waals surface area contributed by atoms with Crippen molar-refractivity contribution >= 4 is 45.4 Å². The SMILES string of the molecule is COc1ccc(-c2csc(NC(=S)NC(=O)c3ccc(-c4cccc([N+](=O)[O-])c4)o3)n2)cc1OC. The zero-order chi connectivity index (χ0) is 24.9. The lowest BCUT2D eigenvalue weighted by Crippen LogP contribution is -2.33. The van der Waals surface area contributed by atoms with Gasteiger partial charge in [0, 0.05) is 28.6 Å². The van der Waals surface area contributed by atoms with Gasteiger partial charge in [-0.1, -0.05) is 12.1 Å². The largest absolute Gasteiger partial charge is 0.493 e. The fourth-order valence-corrected chi connectivity index (χ4v) is 4.12. The maximum atomic E-state index is 12.5. The van der Waals surface area contributed by atoms with Gasteiger partial charge in [0.05, 0.1) is 24.8 Å². The Morgan fingerprint density at radius 2 is 1.89 bits per heavy atom. The third-order valence-corrected chi connectivity index (χ3v) is 5.76. The van der Waals surface area contributed by atoms with E-state index in [1.807, 2.05) is 17.5 Å². The maximum Gasteiger partial charge on any atom is 0.293 e. The van der Waals surface area contributed by atoms with Crippen LogP contribution in [0, 0.1) is 10.1 Å². The molecule has 12 heteroatoms. The number of methoxy groups -OCH3 is 2. The van der Waals surface area contributed by atoms with Gasteiger partial charge < -0.3 is 19.2 Å². The molecule has 2 aromatic heterocycles. The van der Waals surface area contributed by atoms with Crippen molar-refractivity contribution in [2.75, 3.05) is 19.5 Å². The van der Waals surface area contributed by atoms with Gasteiger partial charge in [0.15, 0.2) is 27.5 Å². The third-order valence-electron chi connectivity index (χ3n) is 4.80. The molecule has 0 aliphatic heterocycles. The molecule has 0 aliphatic rings. The van der Waals surface area contributed by atoms with Crippen molar-refractivity contribution in [2.24, 2.45) is 0 Å². The van der Waals surface area contributed by atoms with Crippen LogP contribution in [0.15, 0.2) is 64.4 Å². The van der Waals surface area contributed by atoms with Gasteiger partial charge in [0.1, 0.15) is 5.76 Å². The summed E-state index contributed by atoms with van der Waals surface area (Å²) in [5.74, 6) is 0.937. The highest BCUT2D eigenvalue weighted by atomic mass is 32.1. The second-order valence-corrected chi connectivity index (χ2v) is 8.25. The zero-order valence-electron chi connectivity index (χ0n) is 18.4. The van der Waals surface area contributed by atoms with Crippen LogP contribution in [-0.4, -0.2) is 35.1 Å². The number of hydrogen-bond acceptors (Lipinski definition) is 9. The molecule has 178 valence electrons. The highest BCUT2D eigenvalue weighted by Gasteiger charge is 2.16. The number of aromatic nitrogens is 1.